The van der Waals surface area contributed by atoms with Gasteiger partial charge in [-0.05, 0) is 12.8 Å². The Morgan fingerprint density at radius 3 is 2.28 bits per heavy atom. The number of aliphatic hydroxyl groups excluding tert-OH is 1. The number of aliphatic carboxylic acids is 1. The summed E-state index contributed by atoms with van der Waals surface area (Å²) in [6, 6.07) is -0.587. The summed E-state index contributed by atoms with van der Waals surface area (Å²) in [5.41, 5.74) is 0. The molecule has 1 aliphatic carbocycles. The number of carboxylic acids is 1. The number of hydrogen-bond acceptors (Lipinski definition) is 4. The fourth-order valence-electron chi connectivity index (χ4n) is 1.19. The van der Waals surface area contributed by atoms with Crippen molar-refractivity contribution < 1.29 is 24.6 Å². The number of hydrogen-bond donors (Lipinski definition) is 5. The van der Waals surface area contributed by atoms with Crippen LogP contribution in [0.25, 0.3) is 0 Å². The Labute approximate surface area is 104 Å². The van der Waals surface area contributed by atoms with Crippen LogP contribution in [-0.4, -0.2) is 53.9 Å². The van der Waals surface area contributed by atoms with E-state index in [2.05, 4.69) is 16.0 Å². The number of rotatable bonds is 7. The van der Waals surface area contributed by atoms with Crippen LogP contribution in [0.4, 0.5) is 4.79 Å². The van der Waals surface area contributed by atoms with Crippen molar-refractivity contribution in [2.45, 2.75) is 18.9 Å². The molecule has 8 heteroatoms. The molecule has 3 amide bonds. The van der Waals surface area contributed by atoms with Crippen LogP contribution in [0.2, 0.25) is 0 Å². The maximum Gasteiger partial charge on any atom is 0.334 e. The lowest BCUT2D eigenvalue weighted by Gasteiger charge is -2.09. The van der Waals surface area contributed by atoms with Crippen LogP contribution < -0.4 is 16.0 Å². The monoisotopic (exact) mass is 259 g/mol. The maximum absolute atomic E-state index is 11.2. The fraction of sp³-hybridized carbons (Fsp3) is 0.700. The minimum absolute atomic E-state index is 0.00138. The van der Waals surface area contributed by atoms with Gasteiger partial charge in [-0.3, -0.25) is 4.79 Å². The molecule has 0 saturated heterocycles. The van der Waals surface area contributed by atoms with E-state index in [4.69, 9.17) is 10.2 Å². The van der Waals surface area contributed by atoms with Gasteiger partial charge in [0.2, 0.25) is 5.91 Å². The lowest BCUT2D eigenvalue weighted by molar-refractivity contribution is -0.146. The fourth-order valence-corrected chi connectivity index (χ4v) is 1.19. The van der Waals surface area contributed by atoms with Gasteiger partial charge in [0.25, 0.3) is 0 Å². The van der Waals surface area contributed by atoms with Crippen molar-refractivity contribution in [2.24, 2.45) is 5.92 Å². The van der Waals surface area contributed by atoms with Gasteiger partial charge in [0, 0.05) is 19.0 Å². The lowest BCUT2D eigenvalue weighted by atomic mass is 10.3. The molecular weight excluding hydrogens is 242 g/mol. The van der Waals surface area contributed by atoms with Gasteiger partial charge in [0.05, 0.1) is 6.54 Å². The van der Waals surface area contributed by atoms with Crippen LogP contribution in [-0.2, 0) is 9.59 Å². The van der Waals surface area contributed by atoms with Gasteiger partial charge < -0.3 is 26.2 Å². The topological polar surface area (TPSA) is 128 Å². The maximum atomic E-state index is 11.2. The molecule has 1 rings (SSSR count). The van der Waals surface area contributed by atoms with Gasteiger partial charge in [-0.25, -0.2) is 9.59 Å². The minimum Gasteiger partial charge on any atom is -0.479 e. The number of amides is 3. The second-order valence-electron chi connectivity index (χ2n) is 4.06. The summed E-state index contributed by atoms with van der Waals surface area (Å²) < 4.78 is 0. The highest BCUT2D eigenvalue weighted by atomic mass is 16.4. The first-order valence-electron chi connectivity index (χ1n) is 5.71. The van der Waals surface area contributed by atoms with Gasteiger partial charge in [-0.1, -0.05) is 0 Å². The van der Waals surface area contributed by atoms with Crippen molar-refractivity contribution in [1.82, 2.24) is 16.0 Å². The zero-order chi connectivity index (χ0) is 13.5. The Bertz CT molecular complexity index is 329. The van der Waals surface area contributed by atoms with Gasteiger partial charge in [0.1, 0.15) is 0 Å². The predicted octanol–water partition coefficient (Wildman–Crippen LogP) is -1.74. The van der Waals surface area contributed by atoms with E-state index in [1.54, 1.807) is 0 Å². The molecule has 1 fully saturated rings. The van der Waals surface area contributed by atoms with Crippen molar-refractivity contribution in [2.75, 3.05) is 19.6 Å². The quantitative estimate of drug-likeness (QED) is 0.347. The van der Waals surface area contributed by atoms with E-state index >= 15 is 0 Å². The zero-order valence-corrected chi connectivity index (χ0v) is 9.81. The van der Waals surface area contributed by atoms with Gasteiger partial charge in [-0.2, -0.15) is 0 Å². The molecule has 0 bridgehead atoms. The van der Waals surface area contributed by atoms with Crippen molar-refractivity contribution in [1.29, 1.82) is 0 Å². The molecule has 0 aliphatic heterocycles. The molecule has 0 aromatic heterocycles. The summed E-state index contributed by atoms with van der Waals surface area (Å²) in [7, 11) is 0. The van der Waals surface area contributed by atoms with Gasteiger partial charge in [0.15, 0.2) is 6.10 Å². The number of urea groups is 1. The summed E-state index contributed by atoms with van der Waals surface area (Å²) in [5.74, 6) is -1.27. The highest BCUT2D eigenvalue weighted by Gasteiger charge is 2.28. The second-order valence-corrected chi connectivity index (χ2v) is 4.06. The van der Waals surface area contributed by atoms with E-state index in [9.17, 15) is 14.4 Å². The van der Waals surface area contributed by atoms with Crippen LogP contribution in [0.1, 0.15) is 12.8 Å². The SMILES string of the molecule is O=C(NCCNC(=O)C1CC1)NCC(O)C(=O)O. The molecule has 0 aromatic carbocycles. The van der Waals surface area contributed by atoms with E-state index in [-0.39, 0.29) is 24.9 Å². The Morgan fingerprint density at radius 2 is 1.72 bits per heavy atom. The number of carbonyl (C=O) groups excluding carboxylic acids is 2. The summed E-state index contributed by atoms with van der Waals surface area (Å²) in [5, 5.41) is 24.5. The Hall–Kier alpha value is -1.83. The molecule has 0 aromatic rings. The third kappa shape index (κ3) is 5.48. The molecule has 0 heterocycles. The van der Waals surface area contributed by atoms with Crippen molar-refractivity contribution in [3.8, 4) is 0 Å². The van der Waals surface area contributed by atoms with Crippen LogP contribution in [0, 0.1) is 5.92 Å². The number of aliphatic hydroxyl groups is 1. The number of nitrogens with one attached hydrogen (secondary N) is 3. The van der Waals surface area contributed by atoms with E-state index in [1.807, 2.05) is 0 Å². The molecular formula is C10H17N3O5. The normalized spacial score (nSPS) is 15.6. The minimum atomic E-state index is -1.62. The molecule has 0 radical (unpaired) electrons. The summed E-state index contributed by atoms with van der Waals surface area (Å²) in [6.07, 6.45) is 0.227. The highest BCUT2D eigenvalue weighted by Crippen LogP contribution is 2.28. The summed E-state index contributed by atoms with van der Waals surface area (Å²) in [6.45, 7) is 0.202. The van der Waals surface area contributed by atoms with Crippen LogP contribution in [0.5, 0.6) is 0 Å². The van der Waals surface area contributed by atoms with Crippen LogP contribution in [0.15, 0.2) is 0 Å². The Balaban J connectivity index is 1.99. The molecule has 18 heavy (non-hydrogen) atoms. The lowest BCUT2D eigenvalue weighted by Crippen LogP contribution is -2.44. The molecule has 1 atom stereocenters. The van der Waals surface area contributed by atoms with Crippen LogP contribution in [0.3, 0.4) is 0 Å². The van der Waals surface area contributed by atoms with E-state index in [1.165, 1.54) is 0 Å². The molecule has 1 unspecified atom stereocenters. The van der Waals surface area contributed by atoms with E-state index in [0.29, 0.717) is 6.54 Å². The largest absolute Gasteiger partial charge is 0.479 e. The number of carboxylic acid groups (broad SMARTS) is 1. The summed E-state index contributed by atoms with van der Waals surface area (Å²) >= 11 is 0. The number of carbonyl (C=O) groups is 3. The smallest absolute Gasteiger partial charge is 0.334 e. The third-order valence-electron chi connectivity index (χ3n) is 2.40. The molecule has 1 aliphatic rings. The molecule has 1 saturated carbocycles. The Kier molecular flexibility index (Phi) is 5.37. The standard InChI is InChI=1S/C10H17N3O5/c14-7(9(16)17)5-13-10(18)12-4-3-11-8(15)6-1-2-6/h6-7,14H,1-5H2,(H,11,15)(H,16,17)(H2,12,13,18). The third-order valence-corrected chi connectivity index (χ3v) is 2.40. The van der Waals surface area contributed by atoms with Crippen molar-refractivity contribution >= 4 is 17.9 Å². The zero-order valence-electron chi connectivity index (χ0n) is 9.81. The van der Waals surface area contributed by atoms with Gasteiger partial charge in [-0.15, -0.1) is 0 Å². The molecule has 5 N–H and O–H groups in total. The second kappa shape index (κ2) is 6.80. The van der Waals surface area contributed by atoms with Gasteiger partial charge >= 0.3 is 12.0 Å². The first-order chi connectivity index (χ1) is 8.50. The average molecular weight is 259 g/mol. The highest BCUT2D eigenvalue weighted by molar-refractivity contribution is 5.81. The van der Waals surface area contributed by atoms with Crippen molar-refractivity contribution in [3.63, 3.8) is 0 Å². The average Bonchev–Trinajstić information content (AvgIpc) is 3.15. The summed E-state index contributed by atoms with van der Waals surface area (Å²) in [4.78, 5) is 32.6. The van der Waals surface area contributed by atoms with Crippen LogP contribution >= 0.6 is 0 Å². The molecule has 8 nitrogen and oxygen atoms in total. The molecule has 102 valence electrons. The van der Waals surface area contributed by atoms with E-state index in [0.717, 1.165) is 12.8 Å². The van der Waals surface area contributed by atoms with E-state index < -0.39 is 18.1 Å². The van der Waals surface area contributed by atoms with Crippen molar-refractivity contribution in [3.05, 3.63) is 0 Å². The molecule has 0 spiro atoms. The first-order valence-corrected chi connectivity index (χ1v) is 5.71. The first kappa shape index (κ1) is 14.2. The predicted molar refractivity (Wildman–Crippen MR) is 60.8 cm³/mol. The Morgan fingerprint density at radius 1 is 1.11 bits per heavy atom.